The number of hydrogen-bond donors (Lipinski definition) is 1. The van der Waals surface area contributed by atoms with Crippen LogP contribution in [-0.2, 0) is 4.84 Å². The summed E-state index contributed by atoms with van der Waals surface area (Å²) in [6.45, 7) is 0.592. The van der Waals surface area contributed by atoms with Crippen LogP contribution in [0.3, 0.4) is 0 Å². The molecule has 1 heterocycles. The molecule has 1 rings (SSSR count). The standard InChI is InChI=1S/C12H12F5N3O/c1-10(13,14)9-4-8(20-21-9)5-11(6-18,7-19)2-3-12(15,16)17/h4,8,20H,2-3,5H2,1H3. The van der Waals surface area contributed by atoms with Crippen molar-refractivity contribution in [3.05, 3.63) is 11.8 Å². The molecule has 116 valence electrons. The quantitative estimate of drug-likeness (QED) is 0.792. The Kier molecular flexibility index (Phi) is 4.79. The molecule has 0 aromatic rings. The van der Waals surface area contributed by atoms with Crippen LogP contribution in [0.15, 0.2) is 11.8 Å². The van der Waals surface area contributed by atoms with Gasteiger partial charge in [0.2, 0.25) is 0 Å². The maximum absolute atomic E-state index is 13.0. The Morgan fingerprint density at radius 1 is 1.19 bits per heavy atom. The van der Waals surface area contributed by atoms with Crippen molar-refractivity contribution in [2.24, 2.45) is 5.41 Å². The van der Waals surface area contributed by atoms with Gasteiger partial charge in [0, 0.05) is 19.8 Å². The molecule has 1 atom stereocenters. The summed E-state index contributed by atoms with van der Waals surface area (Å²) in [4.78, 5) is 4.53. The number of nitrogens with one attached hydrogen (secondary N) is 1. The Morgan fingerprint density at radius 2 is 1.76 bits per heavy atom. The zero-order valence-corrected chi connectivity index (χ0v) is 11.0. The summed E-state index contributed by atoms with van der Waals surface area (Å²) in [5.74, 6) is -3.94. The van der Waals surface area contributed by atoms with Gasteiger partial charge >= 0.3 is 12.1 Å². The third-order valence-electron chi connectivity index (χ3n) is 2.94. The molecule has 1 aliphatic heterocycles. The molecule has 0 aromatic carbocycles. The van der Waals surface area contributed by atoms with E-state index in [-0.39, 0.29) is 6.42 Å². The molecule has 0 spiro atoms. The molecule has 4 nitrogen and oxygen atoms in total. The van der Waals surface area contributed by atoms with Gasteiger partial charge in [-0.3, -0.25) is 0 Å². The second-order valence-corrected chi connectivity index (χ2v) is 4.87. The lowest BCUT2D eigenvalue weighted by molar-refractivity contribution is -0.138. The van der Waals surface area contributed by atoms with Crippen LogP contribution in [0.4, 0.5) is 22.0 Å². The van der Waals surface area contributed by atoms with Gasteiger partial charge in [-0.15, -0.1) is 5.48 Å². The highest BCUT2D eigenvalue weighted by molar-refractivity contribution is 5.19. The van der Waals surface area contributed by atoms with Crippen molar-refractivity contribution in [3.63, 3.8) is 0 Å². The number of nitriles is 2. The van der Waals surface area contributed by atoms with Gasteiger partial charge in [0.1, 0.15) is 5.41 Å². The minimum atomic E-state index is -4.50. The molecule has 1 aliphatic rings. The van der Waals surface area contributed by atoms with Crippen molar-refractivity contribution in [1.82, 2.24) is 5.48 Å². The molecule has 1 unspecified atom stereocenters. The highest BCUT2D eigenvalue weighted by Gasteiger charge is 2.41. The van der Waals surface area contributed by atoms with E-state index in [2.05, 4.69) is 10.3 Å². The van der Waals surface area contributed by atoms with Crippen molar-refractivity contribution in [1.29, 1.82) is 10.5 Å². The van der Waals surface area contributed by atoms with E-state index in [9.17, 15) is 22.0 Å². The Morgan fingerprint density at radius 3 is 2.14 bits per heavy atom. The summed E-state index contributed by atoms with van der Waals surface area (Å²) >= 11 is 0. The maximum atomic E-state index is 13.0. The van der Waals surface area contributed by atoms with Crippen LogP contribution in [0.1, 0.15) is 26.2 Å². The number of alkyl halides is 5. The van der Waals surface area contributed by atoms with Crippen LogP contribution in [0.2, 0.25) is 0 Å². The molecular weight excluding hydrogens is 297 g/mol. The highest BCUT2D eigenvalue weighted by Crippen LogP contribution is 2.36. The van der Waals surface area contributed by atoms with Crippen molar-refractivity contribution in [3.8, 4) is 12.1 Å². The zero-order valence-electron chi connectivity index (χ0n) is 11.0. The minimum Gasteiger partial charge on any atom is -0.406 e. The number of nitrogens with zero attached hydrogens (tertiary/aromatic N) is 2. The van der Waals surface area contributed by atoms with E-state index in [1.54, 1.807) is 12.1 Å². The molecule has 21 heavy (non-hydrogen) atoms. The summed E-state index contributed by atoms with van der Waals surface area (Å²) < 4.78 is 62.6. The molecule has 0 radical (unpaired) electrons. The molecule has 0 saturated carbocycles. The summed E-state index contributed by atoms with van der Waals surface area (Å²) in [7, 11) is 0. The molecule has 0 saturated heterocycles. The molecule has 0 amide bonds. The Hall–Kier alpha value is -1.87. The van der Waals surface area contributed by atoms with Gasteiger partial charge in [0.15, 0.2) is 5.76 Å². The van der Waals surface area contributed by atoms with E-state index in [0.717, 1.165) is 6.08 Å². The van der Waals surface area contributed by atoms with E-state index in [1.807, 2.05) is 0 Å². The average molecular weight is 309 g/mol. The fraction of sp³-hybridized carbons (Fsp3) is 0.667. The SMILES string of the molecule is CC(F)(F)C1=CC(CC(C#N)(C#N)CCC(F)(F)F)NO1. The van der Waals surface area contributed by atoms with Crippen LogP contribution in [-0.4, -0.2) is 18.1 Å². The first-order valence-electron chi connectivity index (χ1n) is 5.93. The number of allylic oxidation sites excluding steroid dienone is 1. The van der Waals surface area contributed by atoms with Gasteiger partial charge in [-0.2, -0.15) is 32.5 Å². The predicted octanol–water partition coefficient (Wildman–Crippen LogP) is 3.20. The van der Waals surface area contributed by atoms with Gasteiger partial charge in [0.25, 0.3) is 0 Å². The molecule has 0 fully saturated rings. The molecule has 9 heteroatoms. The molecule has 0 bridgehead atoms. The normalized spacial score (nSPS) is 19.4. The smallest absolute Gasteiger partial charge is 0.389 e. The minimum absolute atomic E-state index is 0.379. The van der Waals surface area contributed by atoms with Gasteiger partial charge in [-0.25, -0.2) is 0 Å². The fourth-order valence-corrected chi connectivity index (χ4v) is 1.79. The van der Waals surface area contributed by atoms with Gasteiger partial charge in [-0.05, 0) is 12.5 Å². The lowest BCUT2D eigenvalue weighted by Gasteiger charge is -2.21. The van der Waals surface area contributed by atoms with E-state index in [1.165, 1.54) is 0 Å². The predicted molar refractivity (Wildman–Crippen MR) is 60.3 cm³/mol. The van der Waals surface area contributed by atoms with E-state index < -0.39 is 42.2 Å². The molecule has 1 N–H and O–H groups in total. The molecular formula is C12H12F5N3O. The van der Waals surface area contributed by atoms with Crippen LogP contribution < -0.4 is 5.48 Å². The van der Waals surface area contributed by atoms with Crippen LogP contribution >= 0.6 is 0 Å². The van der Waals surface area contributed by atoms with Crippen molar-refractivity contribution in [2.45, 2.75) is 44.3 Å². The Balaban J connectivity index is 2.80. The van der Waals surface area contributed by atoms with Crippen LogP contribution in [0.25, 0.3) is 0 Å². The Bertz CT molecular complexity index is 481. The first-order valence-corrected chi connectivity index (χ1v) is 5.93. The van der Waals surface area contributed by atoms with Crippen LogP contribution in [0, 0.1) is 28.1 Å². The second kappa shape index (κ2) is 5.86. The van der Waals surface area contributed by atoms with E-state index in [4.69, 9.17) is 10.5 Å². The molecule has 0 aromatic heterocycles. The summed E-state index contributed by atoms with van der Waals surface area (Å²) in [6.07, 6.45) is -5.95. The van der Waals surface area contributed by atoms with E-state index >= 15 is 0 Å². The van der Waals surface area contributed by atoms with Crippen molar-refractivity contribution in [2.75, 3.05) is 0 Å². The maximum Gasteiger partial charge on any atom is 0.389 e. The number of rotatable bonds is 5. The number of hydroxylamine groups is 1. The van der Waals surface area contributed by atoms with Gasteiger partial charge in [0.05, 0.1) is 18.2 Å². The number of hydrogen-bond acceptors (Lipinski definition) is 4. The van der Waals surface area contributed by atoms with Crippen LogP contribution in [0.5, 0.6) is 0 Å². The van der Waals surface area contributed by atoms with E-state index in [0.29, 0.717) is 6.92 Å². The zero-order chi connectivity index (χ0) is 16.3. The Labute approximate surface area is 117 Å². The third-order valence-corrected chi connectivity index (χ3v) is 2.94. The summed E-state index contributed by atoms with van der Waals surface area (Å²) in [6, 6.07) is 2.16. The monoisotopic (exact) mass is 309 g/mol. The lowest BCUT2D eigenvalue weighted by atomic mass is 9.80. The van der Waals surface area contributed by atoms with Gasteiger partial charge < -0.3 is 4.84 Å². The fourth-order valence-electron chi connectivity index (χ4n) is 1.79. The highest BCUT2D eigenvalue weighted by atomic mass is 19.4. The summed E-state index contributed by atoms with van der Waals surface area (Å²) in [5, 5.41) is 18.0. The number of halogens is 5. The van der Waals surface area contributed by atoms with Crippen molar-refractivity contribution >= 4 is 0 Å². The average Bonchev–Trinajstić information content (AvgIpc) is 2.82. The third kappa shape index (κ3) is 4.87. The lowest BCUT2D eigenvalue weighted by Crippen LogP contribution is -2.31. The van der Waals surface area contributed by atoms with Crippen molar-refractivity contribution < 1.29 is 26.8 Å². The largest absolute Gasteiger partial charge is 0.406 e. The summed E-state index contributed by atoms with van der Waals surface area (Å²) in [5.41, 5.74) is 0.253. The van der Waals surface area contributed by atoms with Gasteiger partial charge in [-0.1, -0.05) is 0 Å². The topological polar surface area (TPSA) is 68.8 Å². The second-order valence-electron chi connectivity index (χ2n) is 4.87. The first-order chi connectivity index (χ1) is 9.51. The molecule has 0 aliphatic carbocycles. The first kappa shape index (κ1) is 17.2.